The molecule has 1 atom stereocenters. The molecule has 0 spiro atoms. The highest BCUT2D eigenvalue weighted by atomic mass is 16.5. The number of fused-ring (bicyclic) bond motifs is 1. The Labute approximate surface area is 164 Å². The molecule has 2 aromatic rings. The van der Waals surface area contributed by atoms with Crippen LogP contribution in [0.15, 0.2) is 42.5 Å². The van der Waals surface area contributed by atoms with Crippen molar-refractivity contribution in [1.82, 2.24) is 0 Å². The van der Waals surface area contributed by atoms with Gasteiger partial charge >= 0.3 is 0 Å². The molecule has 1 aliphatic rings. The zero-order chi connectivity index (χ0) is 20.1. The minimum atomic E-state index is -0.546. The SMILES string of the molecule is CCCc1ccc(C(=O)CCC(=O)Nc2ccc3c(c2)NC(=O)[C@@H](C)O3)cc1. The number of anilines is 2. The summed E-state index contributed by atoms with van der Waals surface area (Å²) in [4.78, 5) is 36.2. The predicted molar refractivity (Wildman–Crippen MR) is 108 cm³/mol. The van der Waals surface area contributed by atoms with Crippen molar-refractivity contribution >= 4 is 29.0 Å². The lowest BCUT2D eigenvalue weighted by atomic mass is 10.0. The molecule has 146 valence electrons. The number of hydrogen-bond acceptors (Lipinski definition) is 4. The number of benzene rings is 2. The Bertz CT molecular complexity index is 890. The molecule has 2 N–H and O–H groups in total. The molecule has 3 rings (SSSR count). The third kappa shape index (κ3) is 4.76. The number of aryl methyl sites for hydroxylation is 1. The maximum Gasteiger partial charge on any atom is 0.265 e. The zero-order valence-electron chi connectivity index (χ0n) is 16.1. The second kappa shape index (κ2) is 8.69. The number of Topliss-reactive ketones (excluding diaryl/α,β-unsaturated/α-hetero) is 1. The van der Waals surface area contributed by atoms with Crippen LogP contribution in [0.4, 0.5) is 11.4 Å². The standard InChI is InChI=1S/C22H24N2O4/c1-3-4-15-5-7-16(8-6-15)19(25)10-12-21(26)23-17-9-11-20-18(13-17)24-22(27)14(2)28-20/h5-9,11,13-14H,3-4,10,12H2,1-2H3,(H,23,26)(H,24,27)/t14-/m1/s1. The lowest BCUT2D eigenvalue weighted by Gasteiger charge is -2.23. The molecule has 2 amide bonds. The number of amides is 2. The molecule has 1 aliphatic heterocycles. The van der Waals surface area contributed by atoms with Gasteiger partial charge < -0.3 is 15.4 Å². The van der Waals surface area contributed by atoms with Crippen molar-refractivity contribution in [2.24, 2.45) is 0 Å². The first-order valence-corrected chi connectivity index (χ1v) is 9.50. The van der Waals surface area contributed by atoms with E-state index in [4.69, 9.17) is 4.74 Å². The summed E-state index contributed by atoms with van der Waals surface area (Å²) in [5.74, 6) is 0.0175. The molecule has 0 saturated heterocycles. The summed E-state index contributed by atoms with van der Waals surface area (Å²) in [6.45, 7) is 3.78. The zero-order valence-corrected chi connectivity index (χ0v) is 16.1. The molecular formula is C22H24N2O4. The number of carbonyl (C=O) groups is 3. The number of nitrogens with one attached hydrogen (secondary N) is 2. The first kappa shape index (κ1) is 19.6. The first-order chi connectivity index (χ1) is 13.5. The van der Waals surface area contributed by atoms with Crippen molar-refractivity contribution in [2.75, 3.05) is 10.6 Å². The average Bonchev–Trinajstić information content (AvgIpc) is 2.68. The van der Waals surface area contributed by atoms with Gasteiger partial charge in [-0.15, -0.1) is 0 Å². The summed E-state index contributed by atoms with van der Waals surface area (Å²) in [7, 11) is 0. The summed E-state index contributed by atoms with van der Waals surface area (Å²) in [6, 6.07) is 12.6. The Morgan fingerprint density at radius 3 is 2.57 bits per heavy atom. The van der Waals surface area contributed by atoms with Crippen LogP contribution in [0.3, 0.4) is 0 Å². The van der Waals surface area contributed by atoms with Gasteiger partial charge in [-0.25, -0.2) is 0 Å². The summed E-state index contributed by atoms with van der Waals surface area (Å²) in [5, 5.41) is 5.49. The highest BCUT2D eigenvalue weighted by Crippen LogP contribution is 2.32. The van der Waals surface area contributed by atoms with Gasteiger partial charge in [-0.1, -0.05) is 37.6 Å². The van der Waals surface area contributed by atoms with E-state index in [9.17, 15) is 14.4 Å². The van der Waals surface area contributed by atoms with E-state index in [1.165, 1.54) is 5.56 Å². The molecule has 6 heteroatoms. The second-order valence-corrected chi connectivity index (χ2v) is 6.88. The number of ketones is 1. The van der Waals surface area contributed by atoms with Crippen LogP contribution >= 0.6 is 0 Å². The molecule has 0 bridgehead atoms. The van der Waals surface area contributed by atoms with E-state index >= 15 is 0 Å². The summed E-state index contributed by atoms with van der Waals surface area (Å²) in [5.41, 5.74) is 2.88. The monoisotopic (exact) mass is 380 g/mol. The Kier molecular flexibility index (Phi) is 6.09. The summed E-state index contributed by atoms with van der Waals surface area (Å²) >= 11 is 0. The molecule has 0 fully saturated rings. The van der Waals surface area contributed by atoms with Crippen molar-refractivity contribution in [3.8, 4) is 5.75 Å². The van der Waals surface area contributed by atoms with E-state index in [0.29, 0.717) is 22.7 Å². The number of carbonyl (C=O) groups excluding carboxylic acids is 3. The van der Waals surface area contributed by atoms with Gasteiger partial charge in [0.2, 0.25) is 5.91 Å². The van der Waals surface area contributed by atoms with Crippen LogP contribution in [0.25, 0.3) is 0 Å². The van der Waals surface area contributed by atoms with Crippen molar-refractivity contribution in [1.29, 1.82) is 0 Å². The van der Waals surface area contributed by atoms with E-state index in [2.05, 4.69) is 17.6 Å². The maximum atomic E-state index is 12.3. The fraction of sp³-hybridized carbons (Fsp3) is 0.318. The van der Waals surface area contributed by atoms with Gasteiger partial charge in [-0.3, -0.25) is 14.4 Å². The molecule has 28 heavy (non-hydrogen) atoms. The van der Waals surface area contributed by atoms with E-state index in [1.807, 2.05) is 24.3 Å². The fourth-order valence-electron chi connectivity index (χ4n) is 3.03. The highest BCUT2D eigenvalue weighted by molar-refractivity contribution is 6.01. The number of hydrogen-bond donors (Lipinski definition) is 2. The minimum Gasteiger partial charge on any atom is -0.479 e. The second-order valence-electron chi connectivity index (χ2n) is 6.88. The van der Waals surface area contributed by atoms with Crippen LogP contribution in [0.2, 0.25) is 0 Å². The largest absolute Gasteiger partial charge is 0.479 e. The molecule has 0 aromatic heterocycles. The van der Waals surface area contributed by atoms with Crippen molar-refractivity contribution in [2.45, 2.75) is 45.6 Å². The maximum absolute atomic E-state index is 12.3. The normalized spacial score (nSPS) is 15.2. The number of ether oxygens (including phenoxy) is 1. The first-order valence-electron chi connectivity index (χ1n) is 9.50. The van der Waals surface area contributed by atoms with E-state index in [1.54, 1.807) is 25.1 Å². The number of rotatable bonds is 7. The van der Waals surface area contributed by atoms with Gasteiger partial charge in [0.05, 0.1) is 5.69 Å². The Morgan fingerprint density at radius 1 is 1.11 bits per heavy atom. The lowest BCUT2D eigenvalue weighted by molar-refractivity contribution is -0.122. The Balaban J connectivity index is 1.53. The van der Waals surface area contributed by atoms with E-state index in [-0.39, 0.29) is 30.4 Å². The topological polar surface area (TPSA) is 84.5 Å². The van der Waals surface area contributed by atoms with Gasteiger partial charge in [-0.2, -0.15) is 0 Å². The van der Waals surface area contributed by atoms with Gasteiger partial charge in [0.15, 0.2) is 11.9 Å². The molecule has 0 radical (unpaired) electrons. The molecule has 0 aliphatic carbocycles. The van der Waals surface area contributed by atoms with Crippen molar-refractivity contribution < 1.29 is 19.1 Å². The summed E-state index contributed by atoms with van der Waals surface area (Å²) in [6.07, 6.45) is 1.73. The van der Waals surface area contributed by atoms with Crippen LogP contribution < -0.4 is 15.4 Å². The summed E-state index contributed by atoms with van der Waals surface area (Å²) < 4.78 is 5.49. The van der Waals surface area contributed by atoms with Gasteiger partial charge in [0, 0.05) is 24.1 Å². The van der Waals surface area contributed by atoms with Crippen LogP contribution in [-0.2, 0) is 16.0 Å². The van der Waals surface area contributed by atoms with Crippen molar-refractivity contribution in [3.05, 3.63) is 53.6 Å². The highest BCUT2D eigenvalue weighted by Gasteiger charge is 2.23. The minimum absolute atomic E-state index is 0.0571. The van der Waals surface area contributed by atoms with Crippen LogP contribution in [0, 0.1) is 0 Å². The predicted octanol–water partition coefficient (Wildman–Crippen LogP) is 3.96. The third-order valence-corrected chi connectivity index (χ3v) is 4.59. The van der Waals surface area contributed by atoms with E-state index in [0.717, 1.165) is 12.8 Å². The van der Waals surface area contributed by atoms with Crippen LogP contribution in [-0.4, -0.2) is 23.7 Å². The fourth-order valence-corrected chi connectivity index (χ4v) is 3.03. The van der Waals surface area contributed by atoms with Crippen LogP contribution in [0.5, 0.6) is 5.75 Å². The molecule has 2 aromatic carbocycles. The molecule has 6 nitrogen and oxygen atoms in total. The quantitative estimate of drug-likeness (QED) is 0.712. The van der Waals surface area contributed by atoms with Crippen molar-refractivity contribution in [3.63, 3.8) is 0 Å². The molecule has 0 saturated carbocycles. The third-order valence-electron chi connectivity index (χ3n) is 4.59. The van der Waals surface area contributed by atoms with E-state index < -0.39 is 6.10 Å². The Hall–Kier alpha value is -3.15. The lowest BCUT2D eigenvalue weighted by Crippen LogP contribution is -2.34. The average molecular weight is 380 g/mol. The Morgan fingerprint density at radius 2 is 1.86 bits per heavy atom. The van der Waals surface area contributed by atoms with Gasteiger partial charge in [-0.05, 0) is 37.1 Å². The molecular weight excluding hydrogens is 356 g/mol. The van der Waals surface area contributed by atoms with Crippen LogP contribution in [0.1, 0.15) is 49.0 Å². The molecule has 1 heterocycles. The molecule has 0 unspecified atom stereocenters. The van der Waals surface area contributed by atoms with Gasteiger partial charge in [0.25, 0.3) is 5.91 Å². The van der Waals surface area contributed by atoms with Gasteiger partial charge in [0.1, 0.15) is 5.75 Å². The smallest absolute Gasteiger partial charge is 0.265 e.